The van der Waals surface area contributed by atoms with Crippen LogP contribution in [0.15, 0.2) is 42.6 Å². The van der Waals surface area contributed by atoms with Gasteiger partial charge in [-0.1, -0.05) is 18.2 Å². The molecule has 132 valence electrons. The number of hydrogen-bond donors (Lipinski definition) is 0. The van der Waals surface area contributed by atoms with Gasteiger partial charge in [0.25, 0.3) is 0 Å². The fourth-order valence-electron chi connectivity index (χ4n) is 2.57. The molecule has 2 rings (SSSR count). The van der Waals surface area contributed by atoms with Gasteiger partial charge in [-0.3, -0.25) is 0 Å². The van der Waals surface area contributed by atoms with Crippen LogP contribution in [-0.2, 0) is 20.8 Å². The Bertz CT molecular complexity index is 787. The SMILES string of the molecule is C/C=C(\C(=O)OC)c1c(C(=O)OC)ccn1Cc1ccc(OC)cc1. The zero-order chi connectivity index (χ0) is 18.4. The van der Waals surface area contributed by atoms with E-state index in [9.17, 15) is 9.59 Å². The molecule has 6 nitrogen and oxygen atoms in total. The highest BCUT2D eigenvalue weighted by Crippen LogP contribution is 2.24. The van der Waals surface area contributed by atoms with E-state index in [2.05, 4.69) is 0 Å². The lowest BCUT2D eigenvalue weighted by Gasteiger charge is -2.13. The number of nitrogens with zero attached hydrogens (tertiary/aromatic N) is 1. The van der Waals surface area contributed by atoms with Crippen LogP contribution in [0.25, 0.3) is 5.57 Å². The summed E-state index contributed by atoms with van der Waals surface area (Å²) in [5.74, 6) is -0.260. The molecule has 0 bridgehead atoms. The van der Waals surface area contributed by atoms with E-state index in [0.717, 1.165) is 11.3 Å². The molecule has 0 aliphatic heterocycles. The van der Waals surface area contributed by atoms with Crippen molar-refractivity contribution in [2.24, 2.45) is 0 Å². The molecule has 0 unspecified atom stereocenters. The summed E-state index contributed by atoms with van der Waals surface area (Å²) < 4.78 is 16.6. The van der Waals surface area contributed by atoms with E-state index < -0.39 is 11.9 Å². The number of methoxy groups -OCH3 is 3. The number of ether oxygens (including phenoxy) is 3. The zero-order valence-corrected chi connectivity index (χ0v) is 14.7. The Morgan fingerprint density at radius 2 is 1.72 bits per heavy atom. The Morgan fingerprint density at radius 3 is 2.24 bits per heavy atom. The second-order valence-electron chi connectivity index (χ2n) is 5.24. The monoisotopic (exact) mass is 343 g/mol. The van der Waals surface area contributed by atoms with E-state index in [1.165, 1.54) is 14.2 Å². The number of carbonyl (C=O) groups is 2. The number of rotatable bonds is 6. The first-order chi connectivity index (χ1) is 12.0. The van der Waals surface area contributed by atoms with E-state index in [4.69, 9.17) is 14.2 Å². The van der Waals surface area contributed by atoms with E-state index in [1.807, 2.05) is 28.8 Å². The van der Waals surface area contributed by atoms with Crippen LogP contribution in [-0.4, -0.2) is 37.8 Å². The van der Waals surface area contributed by atoms with Gasteiger partial charge in [-0.15, -0.1) is 0 Å². The molecule has 0 spiro atoms. The fraction of sp³-hybridized carbons (Fsp3) is 0.263. The largest absolute Gasteiger partial charge is 0.497 e. The summed E-state index contributed by atoms with van der Waals surface area (Å²) in [4.78, 5) is 24.2. The molecule has 0 aliphatic rings. The highest BCUT2D eigenvalue weighted by molar-refractivity contribution is 6.18. The quantitative estimate of drug-likeness (QED) is 0.596. The lowest BCUT2D eigenvalue weighted by atomic mass is 10.1. The van der Waals surface area contributed by atoms with Gasteiger partial charge in [-0.25, -0.2) is 9.59 Å². The van der Waals surface area contributed by atoms with Crippen LogP contribution in [0, 0.1) is 0 Å². The van der Waals surface area contributed by atoms with Crippen LogP contribution in [0.1, 0.15) is 28.5 Å². The maximum Gasteiger partial charge on any atom is 0.340 e. The molecule has 0 radical (unpaired) electrons. The Labute approximate surface area is 146 Å². The molecule has 1 heterocycles. The molecule has 0 amide bonds. The smallest absolute Gasteiger partial charge is 0.340 e. The molecule has 6 heteroatoms. The summed E-state index contributed by atoms with van der Waals surface area (Å²) in [7, 11) is 4.22. The lowest BCUT2D eigenvalue weighted by molar-refractivity contribution is -0.133. The molecule has 25 heavy (non-hydrogen) atoms. The number of esters is 2. The maximum absolute atomic E-state index is 12.1. The van der Waals surface area contributed by atoms with E-state index in [0.29, 0.717) is 23.4 Å². The first-order valence-corrected chi connectivity index (χ1v) is 7.71. The summed E-state index contributed by atoms with van der Waals surface area (Å²) in [5, 5.41) is 0. The van der Waals surface area contributed by atoms with Crippen molar-refractivity contribution in [3.05, 3.63) is 59.4 Å². The van der Waals surface area contributed by atoms with Gasteiger partial charge in [0.2, 0.25) is 0 Å². The Kier molecular flexibility index (Phi) is 6.00. The summed E-state index contributed by atoms with van der Waals surface area (Å²) in [5.41, 5.74) is 2.09. The van der Waals surface area contributed by atoms with Gasteiger partial charge in [0.05, 0.1) is 38.2 Å². The van der Waals surface area contributed by atoms with Gasteiger partial charge in [-0.05, 0) is 30.7 Å². The van der Waals surface area contributed by atoms with Crippen LogP contribution in [0.2, 0.25) is 0 Å². The van der Waals surface area contributed by atoms with Crippen molar-refractivity contribution in [3.63, 3.8) is 0 Å². The predicted octanol–water partition coefficient (Wildman–Crippen LogP) is 2.91. The molecule has 0 N–H and O–H groups in total. The third-order valence-electron chi connectivity index (χ3n) is 3.83. The minimum atomic E-state index is -0.512. The van der Waals surface area contributed by atoms with Gasteiger partial charge in [0.1, 0.15) is 5.75 Å². The lowest BCUT2D eigenvalue weighted by Crippen LogP contribution is -2.14. The summed E-state index contributed by atoms with van der Waals surface area (Å²) >= 11 is 0. The van der Waals surface area contributed by atoms with Crippen LogP contribution < -0.4 is 4.74 Å². The molecule has 1 aromatic carbocycles. The fourth-order valence-corrected chi connectivity index (χ4v) is 2.57. The van der Waals surface area contributed by atoms with Gasteiger partial charge in [-0.2, -0.15) is 0 Å². The Hall–Kier alpha value is -3.02. The number of allylic oxidation sites excluding steroid dienone is 1. The normalized spacial score (nSPS) is 11.1. The van der Waals surface area contributed by atoms with E-state index >= 15 is 0 Å². The van der Waals surface area contributed by atoms with Crippen LogP contribution >= 0.6 is 0 Å². The van der Waals surface area contributed by atoms with Crippen molar-refractivity contribution in [1.82, 2.24) is 4.57 Å². The molecule has 0 aliphatic carbocycles. The topological polar surface area (TPSA) is 66.8 Å². The maximum atomic E-state index is 12.1. The van der Waals surface area contributed by atoms with E-state index in [-0.39, 0.29) is 0 Å². The Morgan fingerprint density at radius 1 is 1.04 bits per heavy atom. The van der Waals surface area contributed by atoms with Gasteiger partial charge < -0.3 is 18.8 Å². The van der Waals surface area contributed by atoms with E-state index in [1.54, 1.807) is 32.4 Å². The standard InChI is InChI=1S/C19H21NO5/c1-5-15(18(21)24-3)17-16(19(22)25-4)10-11-20(17)12-13-6-8-14(23-2)9-7-13/h5-11H,12H2,1-4H3/b15-5-. The minimum Gasteiger partial charge on any atom is -0.497 e. The third kappa shape index (κ3) is 3.91. The summed E-state index contributed by atoms with van der Waals surface area (Å²) in [6.07, 6.45) is 3.37. The van der Waals surface area contributed by atoms with Gasteiger partial charge in [0, 0.05) is 12.7 Å². The van der Waals surface area contributed by atoms with Gasteiger partial charge >= 0.3 is 11.9 Å². The van der Waals surface area contributed by atoms with Crippen molar-refractivity contribution in [2.45, 2.75) is 13.5 Å². The second-order valence-corrected chi connectivity index (χ2v) is 5.24. The molecule has 0 atom stereocenters. The number of hydrogen-bond acceptors (Lipinski definition) is 5. The first-order valence-electron chi connectivity index (χ1n) is 7.71. The molecule has 0 fully saturated rings. The van der Waals surface area contributed by atoms with Crippen LogP contribution in [0.4, 0.5) is 0 Å². The molecular weight excluding hydrogens is 322 g/mol. The predicted molar refractivity (Wildman–Crippen MR) is 93.5 cm³/mol. The highest BCUT2D eigenvalue weighted by atomic mass is 16.5. The van der Waals surface area contributed by atoms with Crippen molar-refractivity contribution in [3.8, 4) is 5.75 Å². The van der Waals surface area contributed by atoms with Crippen molar-refractivity contribution in [2.75, 3.05) is 21.3 Å². The second kappa shape index (κ2) is 8.19. The Balaban J connectivity index is 2.48. The molecular formula is C19H21NO5. The molecule has 0 saturated carbocycles. The molecule has 1 aromatic heterocycles. The van der Waals surface area contributed by atoms with Crippen LogP contribution in [0.3, 0.4) is 0 Å². The van der Waals surface area contributed by atoms with Crippen molar-refractivity contribution in [1.29, 1.82) is 0 Å². The molecule has 2 aromatic rings. The first kappa shape index (κ1) is 18.3. The average molecular weight is 343 g/mol. The summed E-state index contributed by atoms with van der Waals surface area (Å²) in [6.45, 7) is 2.20. The highest BCUT2D eigenvalue weighted by Gasteiger charge is 2.24. The van der Waals surface area contributed by atoms with Crippen LogP contribution in [0.5, 0.6) is 5.75 Å². The van der Waals surface area contributed by atoms with Crippen molar-refractivity contribution >= 4 is 17.5 Å². The third-order valence-corrected chi connectivity index (χ3v) is 3.83. The molecule has 0 saturated heterocycles. The van der Waals surface area contributed by atoms with Crippen molar-refractivity contribution < 1.29 is 23.8 Å². The van der Waals surface area contributed by atoms with Gasteiger partial charge in [0.15, 0.2) is 0 Å². The number of aromatic nitrogens is 1. The number of carbonyl (C=O) groups excluding carboxylic acids is 2. The number of benzene rings is 1. The minimum absolute atomic E-state index is 0.307. The summed E-state index contributed by atoms with van der Waals surface area (Å²) in [6, 6.07) is 9.20. The zero-order valence-electron chi connectivity index (χ0n) is 14.7. The average Bonchev–Trinajstić information content (AvgIpc) is 3.05.